The van der Waals surface area contributed by atoms with E-state index in [4.69, 9.17) is 73.0 Å². The Balaban J connectivity index is 4.31. The molecule has 0 aliphatic rings. The molecule has 0 saturated carbocycles. The highest BCUT2D eigenvalue weighted by Gasteiger charge is 2.26. The third-order valence-corrected chi connectivity index (χ3v) is 10.6. The molecule has 0 heterocycles. The Morgan fingerprint density at radius 2 is 0.800 bits per heavy atom. The smallest absolute Gasteiger partial charge is 0.243 e. The van der Waals surface area contributed by atoms with Gasteiger partial charge in [-0.3, -0.25) is 38.4 Å². The number of hydrogen-bond donors (Lipinski definition) is 10. The molecule has 30 nitrogen and oxygen atoms in total. The van der Waals surface area contributed by atoms with Gasteiger partial charge in [-0.1, -0.05) is 0 Å². The van der Waals surface area contributed by atoms with Crippen molar-refractivity contribution >= 4 is 59.9 Å². The minimum atomic E-state index is -1.13. The van der Waals surface area contributed by atoms with Gasteiger partial charge in [-0.15, -0.1) is 0 Å². The third-order valence-electron chi connectivity index (χ3n) is 10.2. The van der Waals surface area contributed by atoms with Gasteiger partial charge in [-0.25, -0.2) is 0 Å². The molecular formula is C49H93N9O21S. The minimum Gasteiger partial charge on any atom is -0.382 e. The summed E-state index contributed by atoms with van der Waals surface area (Å²) in [6, 6.07) is -2.95. The van der Waals surface area contributed by atoms with Crippen molar-refractivity contribution < 1.29 is 99.9 Å². The van der Waals surface area contributed by atoms with Gasteiger partial charge in [0.25, 0.3) is 0 Å². The van der Waals surface area contributed by atoms with Crippen LogP contribution in [0.15, 0.2) is 0 Å². The molecule has 0 aromatic carbocycles. The lowest BCUT2D eigenvalue weighted by Crippen LogP contribution is -2.55. The summed E-state index contributed by atoms with van der Waals surface area (Å²) in [7, 11) is 1.62. The number of hydrogen-bond acceptors (Lipinski definition) is 23. The number of carbonyl (C=O) groups excluding carboxylic acids is 8. The zero-order chi connectivity index (χ0) is 58.9. The Morgan fingerprint density at radius 3 is 1.23 bits per heavy atom. The average Bonchev–Trinajstić information content (AvgIpc) is 3.44. The van der Waals surface area contributed by atoms with Crippen LogP contribution < -0.4 is 48.7 Å². The second-order valence-electron chi connectivity index (χ2n) is 16.8. The normalized spacial score (nSPS) is 12.2. The van der Waals surface area contributed by atoms with Crippen molar-refractivity contribution in [3.05, 3.63) is 0 Å². The Bertz CT molecular complexity index is 1620. The van der Waals surface area contributed by atoms with Gasteiger partial charge in [0, 0.05) is 38.8 Å². The maximum absolute atomic E-state index is 13.4. The first-order valence-corrected chi connectivity index (χ1v) is 27.5. The summed E-state index contributed by atoms with van der Waals surface area (Å²) in [4.78, 5) is 97.8. The number of primary amides is 1. The van der Waals surface area contributed by atoms with Crippen molar-refractivity contribution in [3.8, 4) is 0 Å². The van der Waals surface area contributed by atoms with Crippen LogP contribution in [0.25, 0.3) is 0 Å². The first-order chi connectivity index (χ1) is 38.8. The molecular weight excluding hydrogens is 1080 g/mol. The summed E-state index contributed by atoms with van der Waals surface area (Å²) in [6.07, 6.45) is 1.14. The molecule has 0 aliphatic heterocycles. The summed E-state index contributed by atoms with van der Waals surface area (Å²) in [6.45, 7) is 9.93. The maximum Gasteiger partial charge on any atom is 0.243 e. The van der Waals surface area contributed by atoms with E-state index < -0.39 is 66.7 Å². The molecule has 0 fully saturated rings. The van der Waals surface area contributed by atoms with Gasteiger partial charge in [0.15, 0.2) is 0 Å². The number of thiol groups is 1. The number of unbranched alkanes of at least 4 members (excludes halogenated alkanes) is 1. The van der Waals surface area contributed by atoms with E-state index in [1.54, 1.807) is 7.11 Å². The van der Waals surface area contributed by atoms with Crippen LogP contribution in [-0.2, 0) is 99.9 Å². The van der Waals surface area contributed by atoms with Crippen LogP contribution in [0.1, 0.15) is 39.0 Å². The van der Waals surface area contributed by atoms with Gasteiger partial charge in [-0.2, -0.15) is 12.6 Å². The van der Waals surface area contributed by atoms with E-state index >= 15 is 0 Å². The van der Waals surface area contributed by atoms with E-state index in [1.165, 1.54) is 6.92 Å². The van der Waals surface area contributed by atoms with Gasteiger partial charge in [0.2, 0.25) is 47.3 Å². The van der Waals surface area contributed by atoms with Crippen LogP contribution in [-0.4, -0.2) is 276 Å². The van der Waals surface area contributed by atoms with E-state index in [0.29, 0.717) is 138 Å². The molecule has 0 rings (SSSR count). The number of nitrogens with two attached hydrogens (primary N) is 2. The maximum atomic E-state index is 13.4. The molecule has 11 N–H and O–H groups in total. The van der Waals surface area contributed by atoms with Gasteiger partial charge in [0.1, 0.15) is 18.1 Å². The first-order valence-electron chi connectivity index (χ1n) is 26.8. The average molecular weight is 1180 g/mol. The van der Waals surface area contributed by atoms with Crippen molar-refractivity contribution in [3.63, 3.8) is 0 Å². The van der Waals surface area contributed by atoms with E-state index in [9.17, 15) is 38.4 Å². The number of ether oxygens (including phenoxy) is 13. The van der Waals surface area contributed by atoms with Gasteiger partial charge in [0.05, 0.1) is 185 Å². The fourth-order valence-electron chi connectivity index (χ4n) is 5.89. The van der Waals surface area contributed by atoms with E-state index in [2.05, 4.69) is 49.8 Å². The van der Waals surface area contributed by atoms with Crippen LogP contribution in [0, 0.1) is 0 Å². The summed E-state index contributed by atoms with van der Waals surface area (Å²) in [5.41, 5.74) is 10.3. The molecule has 0 aromatic rings. The summed E-state index contributed by atoms with van der Waals surface area (Å²) in [5, 5.41) is 17.7. The van der Waals surface area contributed by atoms with Crippen LogP contribution in [0.4, 0.5) is 0 Å². The molecule has 80 heavy (non-hydrogen) atoms. The van der Waals surface area contributed by atoms with Gasteiger partial charge < -0.3 is 110 Å². The van der Waals surface area contributed by atoms with Crippen LogP contribution >= 0.6 is 12.6 Å². The van der Waals surface area contributed by atoms with Crippen LogP contribution in [0.3, 0.4) is 0 Å². The van der Waals surface area contributed by atoms with Gasteiger partial charge in [-0.05, 0) is 26.2 Å². The highest BCUT2D eigenvalue weighted by Crippen LogP contribution is 2.04. The lowest BCUT2D eigenvalue weighted by atomic mass is 10.1. The Morgan fingerprint density at radius 1 is 0.400 bits per heavy atom. The number of rotatable bonds is 59. The quantitative estimate of drug-likeness (QED) is 0.0202. The summed E-state index contributed by atoms with van der Waals surface area (Å²) in [5.74, 6) is -4.42. The zero-order valence-electron chi connectivity index (χ0n) is 46.9. The van der Waals surface area contributed by atoms with Crippen molar-refractivity contribution in [2.24, 2.45) is 11.5 Å². The standard InChI is InChI=1S/C49H93N9O21S/c1-39(47(51)64)56-43(60)7-11-69-16-19-73-23-25-74-20-17-70-12-9-53-48(65)41(38-80)58-49(66)40(57-46(63)37-55-45(62)36-54-44(61)35-50)5-3-4-8-52-42(59)6-10-68-15-18-72-24-26-76-29-30-78-33-34-79-32-31-77-28-27-75-22-21-71-14-13-67-2/h39-41,80H,3-38,50H2,1-2H3,(H2,51,64)(H,52,59)(H,53,65)(H,54,61)(H,55,62)(H,56,60)(H,57,63)(H,58,66)/t39-,40-,41-/m0/s1. The Hall–Kier alpha value is -4.45. The van der Waals surface area contributed by atoms with Crippen molar-refractivity contribution in [2.45, 2.75) is 57.2 Å². The topological polar surface area (TPSA) is 393 Å². The largest absolute Gasteiger partial charge is 0.382 e. The summed E-state index contributed by atoms with van der Waals surface area (Å²) < 4.78 is 70.2. The van der Waals surface area contributed by atoms with Crippen molar-refractivity contribution in [2.75, 3.05) is 211 Å². The summed E-state index contributed by atoms with van der Waals surface area (Å²) >= 11 is 4.23. The third kappa shape index (κ3) is 50.5. The van der Waals surface area contributed by atoms with E-state index in [1.807, 2.05) is 0 Å². The highest BCUT2D eigenvalue weighted by molar-refractivity contribution is 7.80. The lowest BCUT2D eigenvalue weighted by molar-refractivity contribution is -0.132. The predicted molar refractivity (Wildman–Crippen MR) is 290 cm³/mol. The number of amides is 8. The molecule has 466 valence electrons. The number of carbonyl (C=O) groups is 8. The Labute approximate surface area is 475 Å². The number of nitrogens with one attached hydrogen (secondary N) is 7. The lowest BCUT2D eigenvalue weighted by Gasteiger charge is -2.22. The van der Waals surface area contributed by atoms with Crippen molar-refractivity contribution in [1.29, 1.82) is 0 Å². The minimum absolute atomic E-state index is 0.0716. The molecule has 0 aliphatic carbocycles. The van der Waals surface area contributed by atoms with Gasteiger partial charge >= 0.3 is 0 Å². The molecule has 0 radical (unpaired) electrons. The molecule has 31 heteroatoms. The monoisotopic (exact) mass is 1180 g/mol. The fourth-order valence-corrected chi connectivity index (χ4v) is 6.15. The molecule has 0 saturated heterocycles. The Kier molecular flexibility index (Phi) is 53.3. The first kappa shape index (κ1) is 75.5. The highest BCUT2D eigenvalue weighted by atomic mass is 32.1. The number of methoxy groups -OCH3 is 1. The second kappa shape index (κ2) is 56.4. The van der Waals surface area contributed by atoms with Crippen LogP contribution in [0.5, 0.6) is 0 Å². The van der Waals surface area contributed by atoms with E-state index in [0.717, 1.165) is 0 Å². The molecule has 0 unspecified atom stereocenters. The molecule has 0 bridgehead atoms. The molecule has 3 atom stereocenters. The van der Waals surface area contributed by atoms with E-state index in [-0.39, 0.29) is 96.1 Å². The zero-order valence-corrected chi connectivity index (χ0v) is 47.8. The molecule has 8 amide bonds. The second-order valence-corrected chi connectivity index (χ2v) is 17.2. The fraction of sp³-hybridized carbons (Fsp3) is 0.837. The SMILES string of the molecule is COCCOCCOCCOCCOCCOCCOCCOCCOCCC(=O)NCCCC[C@H](NC(=O)CNC(=O)CNC(=O)CN)C(=O)N[C@@H](CS)C(=O)NCCOCCOCCOCCOCCC(=O)N[C@@H](C)C(N)=O. The molecule has 0 spiro atoms. The van der Waals surface area contributed by atoms with Crippen LogP contribution in [0.2, 0.25) is 0 Å². The predicted octanol–water partition coefficient (Wildman–Crippen LogP) is -4.90. The van der Waals surface area contributed by atoms with Crippen molar-refractivity contribution in [1.82, 2.24) is 37.2 Å². The molecule has 0 aromatic heterocycles.